The van der Waals surface area contributed by atoms with Gasteiger partial charge in [0.15, 0.2) is 5.78 Å². The molecule has 1 saturated carbocycles. The number of hydrogen-bond donors (Lipinski definition) is 1. The van der Waals surface area contributed by atoms with Gasteiger partial charge in [0.2, 0.25) is 0 Å². The number of hydrogen-bond acceptors (Lipinski definition) is 2. The fourth-order valence-corrected chi connectivity index (χ4v) is 3.30. The Labute approximate surface area is 131 Å². The minimum absolute atomic E-state index is 0.235. The van der Waals surface area contributed by atoms with Crippen LogP contribution in [0.2, 0.25) is 0 Å². The number of carbonyl (C=O) groups is 1. The minimum atomic E-state index is -1.08. The Morgan fingerprint density at radius 3 is 2.18 bits per heavy atom. The van der Waals surface area contributed by atoms with E-state index in [1.807, 2.05) is 30.3 Å². The zero-order valence-corrected chi connectivity index (χ0v) is 12.7. The van der Waals surface area contributed by atoms with Gasteiger partial charge in [-0.3, -0.25) is 4.79 Å². The van der Waals surface area contributed by atoms with Gasteiger partial charge in [-0.1, -0.05) is 73.9 Å². The summed E-state index contributed by atoms with van der Waals surface area (Å²) >= 11 is 0. The average Bonchev–Trinajstić information content (AvgIpc) is 2.62. The van der Waals surface area contributed by atoms with Crippen molar-refractivity contribution in [1.29, 1.82) is 0 Å². The molecule has 0 saturated heterocycles. The van der Waals surface area contributed by atoms with Gasteiger partial charge < -0.3 is 5.11 Å². The van der Waals surface area contributed by atoms with E-state index in [-0.39, 0.29) is 5.78 Å². The smallest absolute Gasteiger partial charge is 0.195 e. The molecule has 0 bridgehead atoms. The van der Waals surface area contributed by atoms with E-state index in [0.29, 0.717) is 17.0 Å². The SMILES string of the molecule is O=C(c1ccc(C2CCCCC2)cc1)C(O)c1ccccc1. The van der Waals surface area contributed by atoms with Gasteiger partial charge in [-0.25, -0.2) is 0 Å². The first kappa shape index (κ1) is 15.0. The quantitative estimate of drug-likeness (QED) is 0.833. The first-order valence-electron chi connectivity index (χ1n) is 8.13. The Balaban J connectivity index is 1.73. The molecule has 3 rings (SSSR count). The lowest BCUT2D eigenvalue weighted by Crippen LogP contribution is -2.12. The normalized spacial score (nSPS) is 17.1. The largest absolute Gasteiger partial charge is 0.380 e. The number of ketones is 1. The second kappa shape index (κ2) is 6.89. The highest BCUT2D eigenvalue weighted by Crippen LogP contribution is 2.32. The van der Waals surface area contributed by atoms with E-state index >= 15 is 0 Å². The first-order chi connectivity index (χ1) is 10.8. The third kappa shape index (κ3) is 3.28. The molecule has 0 heterocycles. The van der Waals surface area contributed by atoms with E-state index in [4.69, 9.17) is 0 Å². The monoisotopic (exact) mass is 294 g/mol. The van der Waals surface area contributed by atoms with Crippen molar-refractivity contribution in [1.82, 2.24) is 0 Å². The number of benzene rings is 2. The molecule has 2 nitrogen and oxygen atoms in total. The predicted octanol–water partition coefficient (Wildman–Crippen LogP) is 4.65. The molecule has 1 atom stereocenters. The van der Waals surface area contributed by atoms with Crippen molar-refractivity contribution in [2.24, 2.45) is 0 Å². The number of Topliss-reactive ketones (excluding diaryl/α,β-unsaturated/α-hetero) is 1. The van der Waals surface area contributed by atoms with Crippen molar-refractivity contribution in [2.45, 2.75) is 44.1 Å². The fraction of sp³-hybridized carbons (Fsp3) is 0.350. The van der Waals surface area contributed by atoms with Gasteiger partial charge in [-0.05, 0) is 29.9 Å². The number of carbonyl (C=O) groups excluding carboxylic acids is 1. The standard InChI is InChI=1S/C20H22O2/c21-19(17-9-5-2-6-10-17)20(22)18-13-11-16(12-14-18)15-7-3-1-4-8-15/h2,5-6,9-15,19,21H,1,3-4,7-8H2. The fourth-order valence-electron chi connectivity index (χ4n) is 3.30. The summed E-state index contributed by atoms with van der Waals surface area (Å²) in [5, 5.41) is 10.2. The highest BCUT2D eigenvalue weighted by molar-refractivity contribution is 5.99. The van der Waals surface area contributed by atoms with Gasteiger partial charge in [0.1, 0.15) is 6.10 Å². The van der Waals surface area contributed by atoms with Crippen molar-refractivity contribution in [3.8, 4) is 0 Å². The van der Waals surface area contributed by atoms with Crippen LogP contribution in [0.25, 0.3) is 0 Å². The summed E-state index contributed by atoms with van der Waals surface area (Å²) in [5.74, 6) is 0.401. The van der Waals surface area contributed by atoms with Gasteiger partial charge in [0.25, 0.3) is 0 Å². The van der Waals surface area contributed by atoms with Crippen LogP contribution in [0.15, 0.2) is 54.6 Å². The van der Waals surface area contributed by atoms with Gasteiger partial charge in [-0.15, -0.1) is 0 Å². The molecular weight excluding hydrogens is 272 g/mol. The molecule has 2 aromatic rings. The summed E-state index contributed by atoms with van der Waals surface area (Å²) in [6.45, 7) is 0. The van der Waals surface area contributed by atoms with Crippen LogP contribution in [-0.4, -0.2) is 10.9 Å². The highest BCUT2D eigenvalue weighted by Gasteiger charge is 2.20. The van der Waals surface area contributed by atoms with Gasteiger partial charge >= 0.3 is 0 Å². The average molecular weight is 294 g/mol. The minimum Gasteiger partial charge on any atom is -0.380 e. The molecule has 2 aromatic carbocycles. The summed E-state index contributed by atoms with van der Waals surface area (Å²) in [6, 6.07) is 16.9. The molecule has 0 spiro atoms. The molecule has 114 valence electrons. The maximum atomic E-state index is 12.4. The van der Waals surface area contributed by atoms with Crippen LogP contribution >= 0.6 is 0 Å². The second-order valence-electron chi connectivity index (χ2n) is 6.13. The Hall–Kier alpha value is -1.93. The third-order valence-electron chi connectivity index (χ3n) is 4.64. The number of rotatable bonds is 4. The summed E-state index contributed by atoms with van der Waals surface area (Å²) in [5.41, 5.74) is 2.55. The van der Waals surface area contributed by atoms with Crippen LogP contribution in [0.3, 0.4) is 0 Å². The number of aliphatic hydroxyl groups excluding tert-OH is 1. The summed E-state index contributed by atoms with van der Waals surface area (Å²) in [4.78, 5) is 12.4. The molecule has 1 unspecified atom stereocenters. The Morgan fingerprint density at radius 2 is 1.55 bits per heavy atom. The molecule has 0 radical (unpaired) electrons. The third-order valence-corrected chi connectivity index (χ3v) is 4.64. The molecule has 0 amide bonds. The van der Waals surface area contributed by atoms with E-state index in [9.17, 15) is 9.90 Å². The molecule has 1 fully saturated rings. The van der Waals surface area contributed by atoms with Crippen molar-refractivity contribution >= 4 is 5.78 Å². The van der Waals surface area contributed by atoms with Crippen LogP contribution in [0.4, 0.5) is 0 Å². The Morgan fingerprint density at radius 1 is 0.909 bits per heavy atom. The predicted molar refractivity (Wildman–Crippen MR) is 88.0 cm³/mol. The van der Waals surface area contributed by atoms with E-state index in [0.717, 1.165) is 0 Å². The lowest BCUT2D eigenvalue weighted by atomic mass is 9.83. The summed E-state index contributed by atoms with van der Waals surface area (Å²) < 4.78 is 0. The Bertz CT molecular complexity index is 610. The molecule has 1 N–H and O–H groups in total. The van der Waals surface area contributed by atoms with E-state index in [2.05, 4.69) is 12.1 Å². The summed E-state index contributed by atoms with van der Waals surface area (Å²) in [6.07, 6.45) is 5.37. The zero-order valence-electron chi connectivity index (χ0n) is 12.7. The first-order valence-corrected chi connectivity index (χ1v) is 8.13. The molecule has 1 aliphatic carbocycles. The van der Waals surface area contributed by atoms with Crippen LogP contribution in [0, 0.1) is 0 Å². The van der Waals surface area contributed by atoms with Crippen molar-refractivity contribution < 1.29 is 9.90 Å². The molecule has 0 aliphatic heterocycles. The molecule has 22 heavy (non-hydrogen) atoms. The van der Waals surface area contributed by atoms with Crippen LogP contribution in [0.5, 0.6) is 0 Å². The topological polar surface area (TPSA) is 37.3 Å². The zero-order chi connectivity index (χ0) is 15.4. The summed E-state index contributed by atoms with van der Waals surface area (Å²) in [7, 11) is 0. The maximum absolute atomic E-state index is 12.4. The van der Waals surface area contributed by atoms with E-state index in [1.54, 1.807) is 12.1 Å². The second-order valence-corrected chi connectivity index (χ2v) is 6.13. The highest BCUT2D eigenvalue weighted by atomic mass is 16.3. The molecule has 1 aliphatic rings. The van der Waals surface area contributed by atoms with Crippen molar-refractivity contribution in [2.75, 3.05) is 0 Å². The van der Waals surface area contributed by atoms with Gasteiger partial charge in [0.05, 0.1) is 0 Å². The van der Waals surface area contributed by atoms with E-state index < -0.39 is 6.10 Å². The molecule has 0 aromatic heterocycles. The lowest BCUT2D eigenvalue weighted by molar-refractivity contribution is 0.0747. The van der Waals surface area contributed by atoms with Crippen molar-refractivity contribution in [3.63, 3.8) is 0 Å². The maximum Gasteiger partial charge on any atom is 0.195 e. The van der Waals surface area contributed by atoms with Crippen LogP contribution in [-0.2, 0) is 0 Å². The lowest BCUT2D eigenvalue weighted by Gasteiger charge is -2.22. The molecular formula is C20H22O2. The van der Waals surface area contributed by atoms with Crippen LogP contribution in [0.1, 0.15) is 65.6 Å². The van der Waals surface area contributed by atoms with Gasteiger partial charge in [0, 0.05) is 5.56 Å². The Kier molecular flexibility index (Phi) is 4.69. The van der Waals surface area contributed by atoms with E-state index in [1.165, 1.54) is 37.7 Å². The number of aliphatic hydroxyl groups is 1. The molecule has 2 heteroatoms. The van der Waals surface area contributed by atoms with Crippen LogP contribution < -0.4 is 0 Å². The van der Waals surface area contributed by atoms with Gasteiger partial charge in [-0.2, -0.15) is 0 Å². The van der Waals surface area contributed by atoms with Crippen molar-refractivity contribution in [3.05, 3.63) is 71.3 Å².